The zero-order chi connectivity index (χ0) is 15.1. The van der Waals surface area contributed by atoms with Gasteiger partial charge < -0.3 is 10.0 Å². The fourth-order valence-corrected chi connectivity index (χ4v) is 2.41. The van der Waals surface area contributed by atoms with Crippen LogP contribution in [0.4, 0.5) is 5.69 Å². The number of aromatic nitrogens is 1. The summed E-state index contributed by atoms with van der Waals surface area (Å²) in [7, 11) is 0. The number of anilines is 1. The molecule has 1 aromatic carbocycles. The summed E-state index contributed by atoms with van der Waals surface area (Å²) >= 11 is 6.30. The molecule has 1 aromatic heterocycles. The first-order valence-corrected chi connectivity index (χ1v) is 7.02. The average molecular weight is 302 g/mol. The zero-order valence-corrected chi connectivity index (χ0v) is 12.3. The highest BCUT2D eigenvalue weighted by molar-refractivity contribution is 6.33. The molecule has 0 spiro atoms. The Kier molecular flexibility index (Phi) is 5.56. The molecule has 0 saturated carbocycles. The highest BCUT2D eigenvalue weighted by Crippen LogP contribution is 2.28. The van der Waals surface area contributed by atoms with Gasteiger partial charge in [0.2, 0.25) is 0 Å². The maximum Gasteiger partial charge on any atom is 0.0682 e. The number of hydrogen-bond acceptors (Lipinski definition) is 4. The molecule has 2 rings (SSSR count). The van der Waals surface area contributed by atoms with Crippen molar-refractivity contribution in [1.29, 1.82) is 5.26 Å². The third kappa shape index (κ3) is 4.19. The van der Waals surface area contributed by atoms with E-state index in [1.807, 2.05) is 29.2 Å². The van der Waals surface area contributed by atoms with Gasteiger partial charge in [0.25, 0.3) is 0 Å². The Morgan fingerprint density at radius 1 is 1.29 bits per heavy atom. The Balaban J connectivity index is 2.25. The van der Waals surface area contributed by atoms with E-state index in [0.29, 0.717) is 24.5 Å². The van der Waals surface area contributed by atoms with Crippen LogP contribution in [-0.4, -0.2) is 16.6 Å². The number of rotatable bonds is 6. The summed E-state index contributed by atoms with van der Waals surface area (Å²) in [6, 6.07) is 11.5. The second-order valence-corrected chi connectivity index (χ2v) is 5.04. The number of aliphatic hydroxyl groups is 1. The van der Waals surface area contributed by atoms with Gasteiger partial charge in [0, 0.05) is 25.5 Å². The molecule has 1 N–H and O–H groups in total. The van der Waals surface area contributed by atoms with Crippen molar-refractivity contribution in [2.45, 2.75) is 19.6 Å². The van der Waals surface area contributed by atoms with Gasteiger partial charge in [-0.1, -0.05) is 23.7 Å². The van der Waals surface area contributed by atoms with E-state index in [1.165, 1.54) is 0 Å². The summed E-state index contributed by atoms with van der Waals surface area (Å²) in [5.74, 6) is 0. The Bertz CT molecular complexity index is 625. The summed E-state index contributed by atoms with van der Waals surface area (Å²) in [5.41, 5.74) is 2.68. The van der Waals surface area contributed by atoms with Gasteiger partial charge in [0.1, 0.15) is 0 Å². The monoisotopic (exact) mass is 301 g/mol. The third-order valence-corrected chi connectivity index (χ3v) is 3.43. The van der Waals surface area contributed by atoms with Crippen LogP contribution in [0.25, 0.3) is 0 Å². The van der Waals surface area contributed by atoms with Crippen LogP contribution in [0.1, 0.15) is 17.5 Å². The Morgan fingerprint density at radius 3 is 2.76 bits per heavy atom. The molecule has 0 unspecified atom stereocenters. The second kappa shape index (κ2) is 7.63. The van der Waals surface area contributed by atoms with Gasteiger partial charge in [-0.05, 0) is 29.3 Å². The van der Waals surface area contributed by atoms with Crippen molar-refractivity contribution in [3.63, 3.8) is 0 Å². The van der Waals surface area contributed by atoms with Crippen molar-refractivity contribution in [2.24, 2.45) is 0 Å². The summed E-state index contributed by atoms with van der Waals surface area (Å²) in [6.45, 7) is 1.18. The predicted molar refractivity (Wildman–Crippen MR) is 82.9 cm³/mol. The highest BCUT2D eigenvalue weighted by atomic mass is 35.5. The molecule has 108 valence electrons. The molecule has 0 aliphatic heterocycles. The van der Waals surface area contributed by atoms with Crippen LogP contribution in [0, 0.1) is 11.3 Å². The lowest BCUT2D eigenvalue weighted by atomic mass is 10.1. The maximum absolute atomic E-state index is 9.14. The van der Waals surface area contributed by atoms with Crippen molar-refractivity contribution < 1.29 is 5.11 Å². The summed E-state index contributed by atoms with van der Waals surface area (Å²) < 4.78 is 0. The molecule has 0 fully saturated rings. The molecular weight excluding hydrogens is 286 g/mol. The van der Waals surface area contributed by atoms with Gasteiger partial charge in [0.05, 0.1) is 29.8 Å². The second-order valence-electron chi connectivity index (χ2n) is 4.63. The SMILES string of the molecule is N#CCCN(Cc1cccnc1)c1ccc(CO)cc1Cl. The van der Waals surface area contributed by atoms with Crippen LogP contribution >= 0.6 is 11.6 Å². The minimum atomic E-state index is -0.0409. The lowest BCUT2D eigenvalue weighted by Gasteiger charge is -2.25. The minimum Gasteiger partial charge on any atom is -0.392 e. The molecule has 0 radical (unpaired) electrons. The Labute approximate surface area is 129 Å². The number of nitrogens with zero attached hydrogens (tertiary/aromatic N) is 3. The third-order valence-electron chi connectivity index (χ3n) is 3.13. The Morgan fingerprint density at radius 2 is 2.14 bits per heavy atom. The van der Waals surface area contributed by atoms with Crippen molar-refractivity contribution in [3.05, 3.63) is 58.9 Å². The molecule has 4 nitrogen and oxygen atoms in total. The molecule has 0 bridgehead atoms. The van der Waals surface area contributed by atoms with E-state index < -0.39 is 0 Å². The largest absolute Gasteiger partial charge is 0.392 e. The predicted octanol–water partition coefficient (Wildman–Crippen LogP) is 3.15. The molecule has 1 heterocycles. The van der Waals surface area contributed by atoms with Crippen molar-refractivity contribution in [1.82, 2.24) is 4.98 Å². The van der Waals surface area contributed by atoms with Gasteiger partial charge in [0.15, 0.2) is 0 Å². The van der Waals surface area contributed by atoms with Crippen LogP contribution in [0.5, 0.6) is 0 Å². The average Bonchev–Trinajstić information content (AvgIpc) is 2.52. The minimum absolute atomic E-state index is 0.0409. The first kappa shape index (κ1) is 15.3. The van der Waals surface area contributed by atoms with Gasteiger partial charge in [-0.2, -0.15) is 5.26 Å². The molecular formula is C16H16ClN3O. The van der Waals surface area contributed by atoms with Gasteiger partial charge >= 0.3 is 0 Å². The number of halogens is 1. The summed E-state index contributed by atoms with van der Waals surface area (Å²) in [4.78, 5) is 6.15. The van der Waals surface area contributed by atoms with E-state index in [9.17, 15) is 0 Å². The standard InChI is InChI=1S/C16H16ClN3O/c17-15-9-13(12-21)4-5-16(15)20(8-2-6-18)11-14-3-1-7-19-10-14/h1,3-5,7,9-10,21H,2,8,11-12H2. The van der Waals surface area contributed by atoms with Crippen molar-refractivity contribution in [2.75, 3.05) is 11.4 Å². The lowest BCUT2D eigenvalue weighted by Crippen LogP contribution is -2.24. The molecule has 21 heavy (non-hydrogen) atoms. The molecule has 0 atom stereocenters. The fourth-order valence-electron chi connectivity index (χ4n) is 2.09. The topological polar surface area (TPSA) is 60.2 Å². The fraction of sp³-hybridized carbons (Fsp3) is 0.250. The van der Waals surface area contributed by atoms with E-state index in [0.717, 1.165) is 16.8 Å². The van der Waals surface area contributed by atoms with Crippen LogP contribution in [-0.2, 0) is 13.2 Å². The molecule has 0 aliphatic rings. The molecule has 0 aliphatic carbocycles. The highest BCUT2D eigenvalue weighted by Gasteiger charge is 2.11. The normalized spacial score (nSPS) is 10.1. The number of hydrogen-bond donors (Lipinski definition) is 1. The quantitative estimate of drug-likeness (QED) is 0.890. The van der Waals surface area contributed by atoms with E-state index in [4.69, 9.17) is 22.0 Å². The zero-order valence-electron chi connectivity index (χ0n) is 11.5. The molecule has 5 heteroatoms. The molecule has 2 aromatic rings. The van der Waals surface area contributed by atoms with E-state index in [1.54, 1.807) is 18.5 Å². The number of benzene rings is 1. The van der Waals surface area contributed by atoms with Crippen LogP contribution in [0.3, 0.4) is 0 Å². The van der Waals surface area contributed by atoms with Crippen LogP contribution < -0.4 is 4.90 Å². The summed E-state index contributed by atoms with van der Waals surface area (Å²) in [6.07, 6.45) is 3.94. The van der Waals surface area contributed by atoms with Gasteiger partial charge in [-0.25, -0.2) is 0 Å². The van der Waals surface area contributed by atoms with Gasteiger partial charge in [-0.15, -0.1) is 0 Å². The van der Waals surface area contributed by atoms with E-state index in [2.05, 4.69) is 11.1 Å². The number of nitriles is 1. The smallest absolute Gasteiger partial charge is 0.0682 e. The molecule has 0 amide bonds. The Hall–Kier alpha value is -2.09. The first-order chi connectivity index (χ1) is 10.2. The number of pyridine rings is 1. The van der Waals surface area contributed by atoms with Crippen LogP contribution in [0.15, 0.2) is 42.7 Å². The van der Waals surface area contributed by atoms with Crippen molar-refractivity contribution >= 4 is 17.3 Å². The lowest BCUT2D eigenvalue weighted by molar-refractivity contribution is 0.282. The number of aliphatic hydroxyl groups excluding tert-OH is 1. The maximum atomic E-state index is 9.14. The summed E-state index contributed by atoms with van der Waals surface area (Å²) in [5, 5.41) is 18.5. The first-order valence-electron chi connectivity index (χ1n) is 6.64. The molecule has 0 saturated heterocycles. The van der Waals surface area contributed by atoms with E-state index >= 15 is 0 Å². The van der Waals surface area contributed by atoms with Crippen LogP contribution in [0.2, 0.25) is 5.02 Å². The van der Waals surface area contributed by atoms with E-state index in [-0.39, 0.29) is 6.61 Å². The van der Waals surface area contributed by atoms with Crippen molar-refractivity contribution in [3.8, 4) is 6.07 Å². The van der Waals surface area contributed by atoms with Gasteiger partial charge in [-0.3, -0.25) is 4.98 Å².